The highest BCUT2D eigenvalue weighted by atomic mass is 31.0. The SMILES string of the molecule is C1CCC1.CC(N)C(=O)O.P. The third-order valence-electron chi connectivity index (χ3n) is 1.39. The molecule has 1 rings (SSSR count). The topological polar surface area (TPSA) is 63.3 Å². The Kier molecular flexibility index (Phi) is 9.73. The highest BCUT2D eigenvalue weighted by Crippen LogP contribution is 2.15. The quantitative estimate of drug-likeness (QED) is 0.591. The Morgan fingerprint density at radius 1 is 1.36 bits per heavy atom. The summed E-state index contributed by atoms with van der Waals surface area (Å²) in [5.74, 6) is -0.963. The molecule has 1 aliphatic carbocycles. The molecule has 0 saturated heterocycles. The van der Waals surface area contributed by atoms with Crippen molar-refractivity contribution in [3.63, 3.8) is 0 Å². The molecule has 68 valence electrons. The second kappa shape index (κ2) is 7.96. The Labute approximate surface area is 71.0 Å². The van der Waals surface area contributed by atoms with Gasteiger partial charge in [0.05, 0.1) is 0 Å². The maximum atomic E-state index is 9.57. The first-order valence-corrected chi connectivity index (χ1v) is 3.63. The van der Waals surface area contributed by atoms with Crippen molar-refractivity contribution in [3.8, 4) is 0 Å². The van der Waals surface area contributed by atoms with Crippen molar-refractivity contribution in [1.82, 2.24) is 0 Å². The molecule has 1 fully saturated rings. The van der Waals surface area contributed by atoms with E-state index in [4.69, 9.17) is 10.8 Å². The number of carbonyl (C=O) groups is 1. The van der Waals surface area contributed by atoms with Crippen LogP contribution in [0.3, 0.4) is 0 Å². The minimum atomic E-state index is -0.963. The summed E-state index contributed by atoms with van der Waals surface area (Å²) in [4.78, 5) is 9.57. The van der Waals surface area contributed by atoms with Crippen LogP contribution >= 0.6 is 9.90 Å². The molecule has 0 aromatic heterocycles. The molecule has 3 N–H and O–H groups in total. The monoisotopic (exact) mass is 179 g/mol. The van der Waals surface area contributed by atoms with E-state index in [9.17, 15) is 4.79 Å². The Bertz CT molecular complexity index is 98.6. The number of rotatable bonds is 1. The van der Waals surface area contributed by atoms with Gasteiger partial charge in [0, 0.05) is 0 Å². The molecule has 0 amide bonds. The molecule has 0 aromatic carbocycles. The summed E-state index contributed by atoms with van der Waals surface area (Å²) in [6.45, 7) is 1.42. The normalized spacial score (nSPS) is 16.2. The van der Waals surface area contributed by atoms with Gasteiger partial charge in [-0.25, -0.2) is 0 Å². The van der Waals surface area contributed by atoms with Crippen LogP contribution in [0.1, 0.15) is 32.6 Å². The number of carboxylic acids is 1. The molecule has 0 spiro atoms. The first-order valence-electron chi connectivity index (χ1n) is 3.63. The van der Waals surface area contributed by atoms with Gasteiger partial charge in [0.1, 0.15) is 6.04 Å². The highest BCUT2D eigenvalue weighted by molar-refractivity contribution is 6.92. The smallest absolute Gasteiger partial charge is 0.320 e. The third kappa shape index (κ3) is 9.86. The zero-order valence-corrected chi connectivity index (χ0v) is 8.46. The van der Waals surface area contributed by atoms with E-state index in [1.165, 1.54) is 32.6 Å². The molecule has 0 aliphatic heterocycles. The van der Waals surface area contributed by atoms with Crippen molar-refractivity contribution in [2.24, 2.45) is 5.73 Å². The van der Waals surface area contributed by atoms with Crippen LogP contribution in [0.15, 0.2) is 0 Å². The minimum Gasteiger partial charge on any atom is -0.480 e. The maximum absolute atomic E-state index is 9.57. The molecule has 0 heterocycles. The molecule has 1 aliphatic rings. The molecule has 11 heavy (non-hydrogen) atoms. The highest BCUT2D eigenvalue weighted by Gasteiger charge is 1.99. The number of hydrogen-bond donors (Lipinski definition) is 2. The van der Waals surface area contributed by atoms with E-state index in [0.29, 0.717) is 0 Å². The van der Waals surface area contributed by atoms with E-state index < -0.39 is 12.0 Å². The summed E-state index contributed by atoms with van der Waals surface area (Å²) in [5.41, 5.74) is 4.84. The predicted octanol–water partition coefficient (Wildman–Crippen LogP) is 1.04. The van der Waals surface area contributed by atoms with Gasteiger partial charge in [0.15, 0.2) is 0 Å². The number of aliphatic carboxylic acids is 1. The molecule has 0 bridgehead atoms. The van der Waals surface area contributed by atoms with E-state index in [1.807, 2.05) is 0 Å². The zero-order chi connectivity index (χ0) is 7.98. The Morgan fingerprint density at radius 2 is 1.55 bits per heavy atom. The van der Waals surface area contributed by atoms with Gasteiger partial charge in [-0.1, -0.05) is 25.7 Å². The van der Waals surface area contributed by atoms with Gasteiger partial charge >= 0.3 is 5.97 Å². The fraction of sp³-hybridized carbons (Fsp3) is 0.857. The van der Waals surface area contributed by atoms with Crippen molar-refractivity contribution < 1.29 is 9.90 Å². The number of carboxylic acid groups (broad SMARTS) is 1. The molecule has 1 saturated carbocycles. The molecule has 3 nitrogen and oxygen atoms in total. The predicted molar refractivity (Wildman–Crippen MR) is 50.9 cm³/mol. The first kappa shape index (κ1) is 13.4. The van der Waals surface area contributed by atoms with Gasteiger partial charge in [-0.15, -0.1) is 0 Å². The molecular formula is C7H18NO2P. The Morgan fingerprint density at radius 3 is 1.55 bits per heavy atom. The standard InChI is InChI=1S/C4H8.C3H7NO2.H3P/c1-2-4-3-1;1-2(4)3(5)6;/h1-4H2;2H,4H2,1H3,(H,5,6);1H3. The average molecular weight is 179 g/mol. The summed E-state index contributed by atoms with van der Waals surface area (Å²) < 4.78 is 0. The molecular weight excluding hydrogens is 161 g/mol. The van der Waals surface area contributed by atoms with Crippen LogP contribution in [0.25, 0.3) is 0 Å². The summed E-state index contributed by atoms with van der Waals surface area (Å²) in [6, 6.07) is -0.731. The number of hydrogen-bond acceptors (Lipinski definition) is 2. The van der Waals surface area contributed by atoms with Gasteiger partial charge in [0.25, 0.3) is 0 Å². The summed E-state index contributed by atoms with van der Waals surface area (Å²) in [7, 11) is 0. The third-order valence-corrected chi connectivity index (χ3v) is 1.39. The van der Waals surface area contributed by atoms with Gasteiger partial charge in [-0.3, -0.25) is 4.79 Å². The van der Waals surface area contributed by atoms with E-state index in [0.717, 1.165) is 0 Å². The van der Waals surface area contributed by atoms with Crippen LogP contribution in [-0.4, -0.2) is 17.1 Å². The van der Waals surface area contributed by atoms with Crippen molar-refractivity contribution in [2.75, 3.05) is 0 Å². The second-order valence-corrected chi connectivity index (χ2v) is 2.54. The van der Waals surface area contributed by atoms with Crippen molar-refractivity contribution in [2.45, 2.75) is 38.6 Å². The van der Waals surface area contributed by atoms with Gasteiger partial charge < -0.3 is 10.8 Å². The van der Waals surface area contributed by atoms with Gasteiger partial charge in [-0.05, 0) is 6.92 Å². The van der Waals surface area contributed by atoms with Crippen molar-refractivity contribution in [3.05, 3.63) is 0 Å². The Balaban J connectivity index is 0. The van der Waals surface area contributed by atoms with E-state index in [1.54, 1.807) is 0 Å². The largest absolute Gasteiger partial charge is 0.480 e. The van der Waals surface area contributed by atoms with Gasteiger partial charge in [0.2, 0.25) is 0 Å². The second-order valence-electron chi connectivity index (χ2n) is 2.54. The lowest BCUT2D eigenvalue weighted by Crippen LogP contribution is -2.25. The first-order chi connectivity index (χ1) is 4.64. The summed E-state index contributed by atoms with van der Waals surface area (Å²) in [6.07, 6.45) is 6.00. The number of nitrogens with two attached hydrogens (primary N) is 1. The lowest BCUT2D eigenvalue weighted by atomic mass is 10.0. The fourth-order valence-corrected chi connectivity index (χ4v) is 0.250. The van der Waals surface area contributed by atoms with E-state index in [-0.39, 0.29) is 9.90 Å². The lowest BCUT2D eigenvalue weighted by Gasteiger charge is -2.05. The molecule has 2 atom stereocenters. The summed E-state index contributed by atoms with van der Waals surface area (Å²) in [5, 5.41) is 7.87. The van der Waals surface area contributed by atoms with Crippen LogP contribution in [-0.2, 0) is 4.79 Å². The minimum absolute atomic E-state index is 0. The fourth-order valence-electron chi connectivity index (χ4n) is 0.250. The lowest BCUT2D eigenvalue weighted by molar-refractivity contribution is -0.138. The average Bonchev–Trinajstić information content (AvgIpc) is 1.59. The van der Waals surface area contributed by atoms with E-state index in [2.05, 4.69) is 0 Å². The van der Waals surface area contributed by atoms with Crippen LogP contribution in [0, 0.1) is 0 Å². The van der Waals surface area contributed by atoms with E-state index >= 15 is 0 Å². The molecule has 2 unspecified atom stereocenters. The van der Waals surface area contributed by atoms with Crippen molar-refractivity contribution >= 4 is 15.9 Å². The van der Waals surface area contributed by atoms with Crippen molar-refractivity contribution in [1.29, 1.82) is 0 Å². The van der Waals surface area contributed by atoms with Crippen LogP contribution < -0.4 is 5.73 Å². The summed E-state index contributed by atoms with van der Waals surface area (Å²) >= 11 is 0. The molecule has 4 heteroatoms. The zero-order valence-electron chi connectivity index (χ0n) is 7.05. The molecule has 0 aromatic rings. The molecule has 0 radical (unpaired) electrons. The Hall–Kier alpha value is -0.140. The van der Waals surface area contributed by atoms with Crippen LogP contribution in [0.5, 0.6) is 0 Å². The maximum Gasteiger partial charge on any atom is 0.320 e. The van der Waals surface area contributed by atoms with Crippen LogP contribution in [0.4, 0.5) is 0 Å². The van der Waals surface area contributed by atoms with Gasteiger partial charge in [-0.2, -0.15) is 9.90 Å². The van der Waals surface area contributed by atoms with Crippen LogP contribution in [0.2, 0.25) is 0 Å².